The third kappa shape index (κ3) is 4.39. The van der Waals surface area contributed by atoms with E-state index >= 15 is 0 Å². The number of ether oxygens (including phenoxy) is 1. The number of aliphatic hydroxyl groups is 1. The molecule has 4 nitrogen and oxygen atoms in total. The Morgan fingerprint density at radius 2 is 1.76 bits per heavy atom. The average Bonchev–Trinajstić information content (AvgIpc) is 2.47. The first-order valence-corrected chi connectivity index (χ1v) is 6.91. The van der Waals surface area contributed by atoms with Crippen LogP contribution in [0.4, 0.5) is 0 Å². The zero-order chi connectivity index (χ0) is 15.3. The highest BCUT2D eigenvalue weighted by molar-refractivity contribution is 6.01. The van der Waals surface area contributed by atoms with Crippen molar-refractivity contribution in [3.05, 3.63) is 60.4 Å². The number of carbonyl (C=O) groups is 1. The Bertz CT molecular complexity index is 586. The fourth-order valence-electron chi connectivity index (χ4n) is 1.91. The maximum absolute atomic E-state index is 11.9. The van der Waals surface area contributed by atoms with Crippen molar-refractivity contribution in [3.8, 4) is 5.75 Å². The number of Topliss-reactive ketones (excluding diaryl/α,β-unsaturated/α-hetero) is 1. The SMILES string of the molecule is CC(C)(O)C(=O)c1ccc(OCC[n+]2ccccc2)cc1. The number of ketones is 1. The molecular weight excluding hydrogens is 266 g/mol. The van der Waals surface area contributed by atoms with Crippen molar-refractivity contribution in [1.29, 1.82) is 0 Å². The summed E-state index contributed by atoms with van der Waals surface area (Å²) in [5.74, 6) is 0.410. The molecule has 0 aliphatic heterocycles. The fraction of sp³-hybridized carbons (Fsp3) is 0.294. The third-order valence-electron chi connectivity index (χ3n) is 3.07. The van der Waals surface area contributed by atoms with Crippen LogP contribution in [0.5, 0.6) is 5.75 Å². The minimum atomic E-state index is -1.35. The number of nitrogens with zero attached hydrogens (tertiary/aromatic N) is 1. The molecule has 2 aromatic rings. The molecular formula is C17H20NO3+. The molecule has 0 aliphatic rings. The second kappa shape index (κ2) is 6.50. The van der Waals surface area contributed by atoms with E-state index < -0.39 is 5.60 Å². The predicted octanol–water partition coefficient (Wildman–Crippen LogP) is 2.01. The Balaban J connectivity index is 1.90. The van der Waals surface area contributed by atoms with Gasteiger partial charge in [0.25, 0.3) is 0 Å². The maximum Gasteiger partial charge on any atom is 0.193 e. The van der Waals surface area contributed by atoms with Crippen molar-refractivity contribution >= 4 is 5.78 Å². The summed E-state index contributed by atoms with van der Waals surface area (Å²) >= 11 is 0. The topological polar surface area (TPSA) is 50.4 Å². The van der Waals surface area contributed by atoms with Crippen LogP contribution in [0.1, 0.15) is 24.2 Å². The summed E-state index contributed by atoms with van der Waals surface area (Å²) in [5.41, 5.74) is -0.876. The molecule has 4 heteroatoms. The molecule has 0 amide bonds. The second-order valence-electron chi connectivity index (χ2n) is 5.37. The number of hydrogen-bond donors (Lipinski definition) is 1. The van der Waals surface area contributed by atoms with Crippen LogP contribution in [-0.2, 0) is 6.54 Å². The normalized spacial score (nSPS) is 11.2. The van der Waals surface area contributed by atoms with E-state index in [1.807, 2.05) is 35.2 Å². The van der Waals surface area contributed by atoms with Crippen LogP contribution in [-0.4, -0.2) is 23.1 Å². The molecule has 1 aromatic carbocycles. The molecule has 0 aliphatic carbocycles. The van der Waals surface area contributed by atoms with Crippen molar-refractivity contribution in [1.82, 2.24) is 0 Å². The lowest BCUT2D eigenvalue weighted by Gasteiger charge is -2.15. The van der Waals surface area contributed by atoms with Crippen LogP contribution in [0.15, 0.2) is 54.9 Å². The summed E-state index contributed by atoms with van der Waals surface area (Å²) in [6, 6.07) is 12.7. The van der Waals surface area contributed by atoms with Crippen LogP contribution in [0, 0.1) is 0 Å². The van der Waals surface area contributed by atoms with Gasteiger partial charge in [-0.1, -0.05) is 6.07 Å². The molecule has 2 rings (SSSR count). The summed E-state index contributed by atoms with van der Waals surface area (Å²) in [6.45, 7) is 4.27. The Hall–Kier alpha value is -2.20. The van der Waals surface area contributed by atoms with Crippen LogP contribution in [0.3, 0.4) is 0 Å². The smallest absolute Gasteiger partial charge is 0.193 e. The van der Waals surface area contributed by atoms with Crippen LogP contribution in [0.25, 0.3) is 0 Å². The van der Waals surface area contributed by atoms with Gasteiger partial charge in [0.05, 0.1) is 0 Å². The molecule has 110 valence electrons. The average molecular weight is 286 g/mol. The molecule has 0 saturated carbocycles. The molecule has 0 atom stereocenters. The molecule has 1 N–H and O–H groups in total. The minimum Gasteiger partial charge on any atom is -0.487 e. The lowest BCUT2D eigenvalue weighted by Crippen LogP contribution is -2.35. The molecule has 0 saturated heterocycles. The summed E-state index contributed by atoms with van der Waals surface area (Å²) in [7, 11) is 0. The zero-order valence-corrected chi connectivity index (χ0v) is 12.3. The summed E-state index contributed by atoms with van der Waals surface area (Å²) in [6.07, 6.45) is 3.96. The second-order valence-corrected chi connectivity index (χ2v) is 5.37. The van der Waals surface area contributed by atoms with Gasteiger partial charge in [0.15, 0.2) is 24.7 Å². The van der Waals surface area contributed by atoms with E-state index in [9.17, 15) is 9.90 Å². The number of rotatable bonds is 6. The van der Waals surface area contributed by atoms with E-state index in [1.54, 1.807) is 24.3 Å². The Kier molecular flexibility index (Phi) is 4.70. The van der Waals surface area contributed by atoms with Gasteiger partial charge in [-0.25, -0.2) is 4.57 Å². The third-order valence-corrected chi connectivity index (χ3v) is 3.07. The largest absolute Gasteiger partial charge is 0.487 e. The van der Waals surface area contributed by atoms with Gasteiger partial charge in [-0.3, -0.25) is 4.79 Å². The molecule has 0 bridgehead atoms. The van der Waals surface area contributed by atoms with Gasteiger partial charge in [-0.05, 0) is 38.1 Å². The van der Waals surface area contributed by atoms with Crippen molar-refractivity contribution in [2.75, 3.05) is 6.61 Å². The van der Waals surface area contributed by atoms with E-state index in [0.717, 1.165) is 6.54 Å². The van der Waals surface area contributed by atoms with E-state index in [4.69, 9.17) is 4.74 Å². The summed E-state index contributed by atoms with van der Waals surface area (Å²) in [5, 5.41) is 9.69. The van der Waals surface area contributed by atoms with Gasteiger partial charge < -0.3 is 9.84 Å². The first-order valence-electron chi connectivity index (χ1n) is 6.91. The lowest BCUT2D eigenvalue weighted by molar-refractivity contribution is -0.697. The highest BCUT2D eigenvalue weighted by Crippen LogP contribution is 2.17. The standard InChI is InChI=1S/C17H20NO3/c1-17(2,20)16(19)14-6-8-15(9-7-14)21-13-12-18-10-4-3-5-11-18/h3-11,20H,12-13H2,1-2H3/q+1. The Morgan fingerprint density at radius 1 is 1.14 bits per heavy atom. The molecule has 1 aromatic heterocycles. The van der Waals surface area contributed by atoms with Gasteiger partial charge in [0, 0.05) is 17.7 Å². The van der Waals surface area contributed by atoms with Crippen LogP contribution >= 0.6 is 0 Å². The maximum atomic E-state index is 11.9. The van der Waals surface area contributed by atoms with Crippen LogP contribution in [0.2, 0.25) is 0 Å². The molecule has 0 spiro atoms. The van der Waals surface area contributed by atoms with Crippen molar-refractivity contribution in [2.24, 2.45) is 0 Å². The van der Waals surface area contributed by atoms with Crippen molar-refractivity contribution in [2.45, 2.75) is 26.0 Å². The van der Waals surface area contributed by atoms with Crippen LogP contribution < -0.4 is 9.30 Å². The minimum absolute atomic E-state index is 0.297. The Morgan fingerprint density at radius 3 is 2.33 bits per heavy atom. The molecule has 0 radical (unpaired) electrons. The highest BCUT2D eigenvalue weighted by atomic mass is 16.5. The number of hydrogen-bond acceptors (Lipinski definition) is 3. The van der Waals surface area contributed by atoms with E-state index in [0.29, 0.717) is 17.9 Å². The number of aromatic nitrogens is 1. The molecule has 0 fully saturated rings. The first kappa shape index (κ1) is 15.2. The van der Waals surface area contributed by atoms with Gasteiger partial charge in [0.1, 0.15) is 18.0 Å². The number of carbonyl (C=O) groups excluding carboxylic acids is 1. The first-order chi connectivity index (χ1) is 9.97. The molecule has 1 heterocycles. The summed E-state index contributed by atoms with van der Waals surface area (Å²) < 4.78 is 7.67. The molecule has 0 unspecified atom stereocenters. The zero-order valence-electron chi connectivity index (χ0n) is 12.3. The fourth-order valence-corrected chi connectivity index (χ4v) is 1.91. The van der Waals surface area contributed by atoms with E-state index in [1.165, 1.54) is 13.8 Å². The van der Waals surface area contributed by atoms with Gasteiger partial charge >= 0.3 is 0 Å². The van der Waals surface area contributed by atoms with E-state index in [-0.39, 0.29) is 5.78 Å². The number of pyridine rings is 1. The summed E-state index contributed by atoms with van der Waals surface area (Å²) in [4.78, 5) is 11.9. The number of benzene rings is 1. The Labute approximate surface area is 124 Å². The van der Waals surface area contributed by atoms with Gasteiger partial charge in [-0.2, -0.15) is 0 Å². The quantitative estimate of drug-likeness (QED) is 0.653. The van der Waals surface area contributed by atoms with Crippen molar-refractivity contribution in [3.63, 3.8) is 0 Å². The monoisotopic (exact) mass is 286 g/mol. The van der Waals surface area contributed by atoms with Crippen molar-refractivity contribution < 1.29 is 19.2 Å². The van der Waals surface area contributed by atoms with Gasteiger partial charge in [0.2, 0.25) is 0 Å². The lowest BCUT2D eigenvalue weighted by atomic mass is 9.97. The highest BCUT2D eigenvalue weighted by Gasteiger charge is 2.24. The molecule has 21 heavy (non-hydrogen) atoms. The van der Waals surface area contributed by atoms with Gasteiger partial charge in [-0.15, -0.1) is 0 Å². The van der Waals surface area contributed by atoms with E-state index in [2.05, 4.69) is 0 Å². The predicted molar refractivity (Wildman–Crippen MR) is 79.2 cm³/mol.